The minimum Gasteiger partial charge on any atom is -0.348 e. The summed E-state index contributed by atoms with van der Waals surface area (Å²) in [5.41, 5.74) is -0.980. The summed E-state index contributed by atoms with van der Waals surface area (Å²) in [6, 6.07) is 7.34. The van der Waals surface area contributed by atoms with Gasteiger partial charge in [-0.25, -0.2) is 0 Å². The molecule has 0 saturated carbocycles. The van der Waals surface area contributed by atoms with E-state index in [2.05, 4.69) is 10.6 Å². The number of hydrogen-bond donors (Lipinski definition) is 2. The molecule has 1 aliphatic heterocycles. The van der Waals surface area contributed by atoms with Crippen LogP contribution in [0.15, 0.2) is 42.5 Å². The molecule has 1 aliphatic rings. The van der Waals surface area contributed by atoms with Gasteiger partial charge in [0.2, 0.25) is 11.8 Å². The minimum atomic E-state index is -4.61. The van der Waals surface area contributed by atoms with Crippen molar-refractivity contribution in [3.63, 3.8) is 0 Å². The Labute approximate surface area is 192 Å². The van der Waals surface area contributed by atoms with E-state index in [0.717, 1.165) is 17.0 Å². The van der Waals surface area contributed by atoms with Crippen LogP contribution in [0, 0.1) is 0 Å². The summed E-state index contributed by atoms with van der Waals surface area (Å²) in [6.07, 6.45) is -3.98. The smallest absolute Gasteiger partial charge is 0.348 e. The highest BCUT2D eigenvalue weighted by Crippen LogP contribution is 2.29. The minimum absolute atomic E-state index is 0.0204. The number of alkyl halides is 3. The van der Waals surface area contributed by atoms with Gasteiger partial charge < -0.3 is 10.2 Å². The second-order valence-electron chi connectivity index (χ2n) is 7.64. The molecular weight excluding hydrogens is 455 g/mol. The molecule has 1 heterocycles. The lowest BCUT2D eigenvalue weighted by atomic mass is 9.98. The van der Waals surface area contributed by atoms with Crippen LogP contribution in [-0.4, -0.2) is 47.9 Å². The van der Waals surface area contributed by atoms with Gasteiger partial charge in [0.25, 0.3) is 11.8 Å². The molecular formula is C23H20F3N3O5. The highest BCUT2D eigenvalue weighted by atomic mass is 19.4. The molecule has 0 bridgehead atoms. The molecule has 2 aromatic rings. The first kappa shape index (κ1) is 24.6. The Kier molecular flexibility index (Phi) is 7.14. The largest absolute Gasteiger partial charge is 0.416 e. The zero-order valence-corrected chi connectivity index (χ0v) is 17.9. The monoisotopic (exact) mass is 475 g/mol. The third-order valence-corrected chi connectivity index (χ3v) is 5.43. The Hall–Kier alpha value is -4.02. The van der Waals surface area contributed by atoms with Crippen molar-refractivity contribution >= 4 is 29.9 Å². The number of aldehydes is 1. The third kappa shape index (κ3) is 5.30. The predicted octanol–water partition coefficient (Wildman–Crippen LogP) is 2.33. The van der Waals surface area contributed by atoms with E-state index in [9.17, 15) is 37.1 Å². The highest BCUT2D eigenvalue weighted by Gasteiger charge is 2.33. The van der Waals surface area contributed by atoms with Crippen molar-refractivity contribution in [2.24, 2.45) is 0 Å². The van der Waals surface area contributed by atoms with Crippen molar-refractivity contribution in [2.45, 2.75) is 31.6 Å². The number of piperidine rings is 1. The first-order chi connectivity index (χ1) is 16.0. The highest BCUT2D eigenvalue weighted by molar-refractivity contribution is 6.06. The van der Waals surface area contributed by atoms with Crippen molar-refractivity contribution in [3.05, 3.63) is 70.3 Å². The lowest BCUT2D eigenvalue weighted by Crippen LogP contribution is -2.53. The summed E-state index contributed by atoms with van der Waals surface area (Å²) < 4.78 is 38.7. The van der Waals surface area contributed by atoms with E-state index in [1.54, 1.807) is 0 Å². The molecule has 34 heavy (non-hydrogen) atoms. The lowest BCUT2D eigenvalue weighted by molar-refractivity contribution is -0.138. The van der Waals surface area contributed by atoms with Gasteiger partial charge in [0, 0.05) is 31.1 Å². The molecule has 11 heteroatoms. The van der Waals surface area contributed by atoms with E-state index in [4.69, 9.17) is 0 Å². The van der Waals surface area contributed by atoms with Gasteiger partial charge in [0.15, 0.2) is 6.29 Å². The Morgan fingerprint density at radius 3 is 2.53 bits per heavy atom. The van der Waals surface area contributed by atoms with E-state index in [1.165, 1.54) is 31.3 Å². The Balaban J connectivity index is 1.78. The maximum Gasteiger partial charge on any atom is 0.416 e. The molecule has 0 aromatic heterocycles. The summed E-state index contributed by atoms with van der Waals surface area (Å²) >= 11 is 0. The van der Waals surface area contributed by atoms with E-state index < -0.39 is 41.4 Å². The molecule has 0 aliphatic carbocycles. The fourth-order valence-corrected chi connectivity index (χ4v) is 3.59. The number of benzene rings is 2. The summed E-state index contributed by atoms with van der Waals surface area (Å²) in [5.74, 6) is -2.48. The number of rotatable bonds is 6. The zero-order valence-electron chi connectivity index (χ0n) is 17.9. The number of likely N-dealkylation sites (N-methyl/N-ethyl adjacent to an activating group) is 1. The van der Waals surface area contributed by atoms with Crippen LogP contribution in [0.5, 0.6) is 0 Å². The molecule has 2 aromatic carbocycles. The number of nitrogens with zero attached hydrogens (tertiary/aromatic N) is 1. The topological polar surface area (TPSA) is 113 Å². The Morgan fingerprint density at radius 1 is 1.18 bits per heavy atom. The van der Waals surface area contributed by atoms with E-state index in [0.29, 0.717) is 12.4 Å². The van der Waals surface area contributed by atoms with Crippen molar-refractivity contribution in [1.82, 2.24) is 15.5 Å². The molecule has 1 saturated heterocycles. The molecule has 0 radical (unpaired) electrons. The first-order valence-corrected chi connectivity index (χ1v) is 10.2. The normalized spacial score (nSPS) is 15.9. The molecule has 1 fully saturated rings. The molecule has 2 N–H and O–H groups in total. The van der Waals surface area contributed by atoms with E-state index in [1.807, 2.05) is 0 Å². The molecule has 178 valence electrons. The summed E-state index contributed by atoms with van der Waals surface area (Å²) in [4.78, 5) is 61.8. The van der Waals surface area contributed by atoms with Crippen LogP contribution in [0.4, 0.5) is 13.2 Å². The summed E-state index contributed by atoms with van der Waals surface area (Å²) in [5, 5.41) is 4.61. The number of nitrogens with one attached hydrogen (secondary N) is 2. The van der Waals surface area contributed by atoms with Gasteiger partial charge in [-0.2, -0.15) is 13.2 Å². The average molecular weight is 475 g/mol. The summed E-state index contributed by atoms with van der Waals surface area (Å²) in [6.45, 7) is -0.230. The van der Waals surface area contributed by atoms with Crippen LogP contribution in [0.25, 0.3) is 0 Å². The standard InChI is InChI=1S/C23H20F3N3O5/c1-29(18-8-9-19(31)28-21(18)33)22(34)16-7-3-5-14(17(16)12-30)11-27-20(32)13-4-2-6-15(10-13)23(24,25)26/h2-7,10,12,18H,8-9,11H2,1H3,(H,27,32)(H,28,31,33). The SMILES string of the molecule is CN(C(=O)c1cccc(CNC(=O)c2cccc(C(F)(F)F)c2)c1C=O)C1CCC(=O)NC1=O. The van der Waals surface area contributed by atoms with Crippen LogP contribution in [0.2, 0.25) is 0 Å². The van der Waals surface area contributed by atoms with Gasteiger partial charge in [-0.15, -0.1) is 0 Å². The fraction of sp³-hybridized carbons (Fsp3) is 0.261. The van der Waals surface area contributed by atoms with Crippen LogP contribution in [-0.2, 0) is 22.3 Å². The molecule has 1 atom stereocenters. The molecule has 3 rings (SSSR count). The number of amides is 4. The Morgan fingerprint density at radius 2 is 1.88 bits per heavy atom. The van der Waals surface area contributed by atoms with Gasteiger partial charge in [0.05, 0.1) is 11.1 Å². The number of halogens is 3. The first-order valence-electron chi connectivity index (χ1n) is 10.2. The van der Waals surface area contributed by atoms with Gasteiger partial charge >= 0.3 is 6.18 Å². The Bertz CT molecular complexity index is 1160. The fourth-order valence-electron chi connectivity index (χ4n) is 3.59. The van der Waals surface area contributed by atoms with E-state index >= 15 is 0 Å². The van der Waals surface area contributed by atoms with Crippen LogP contribution in [0.3, 0.4) is 0 Å². The van der Waals surface area contributed by atoms with E-state index in [-0.39, 0.29) is 41.6 Å². The van der Waals surface area contributed by atoms with Crippen molar-refractivity contribution in [3.8, 4) is 0 Å². The van der Waals surface area contributed by atoms with Crippen LogP contribution < -0.4 is 10.6 Å². The second kappa shape index (κ2) is 9.86. The third-order valence-electron chi connectivity index (χ3n) is 5.43. The number of imide groups is 1. The summed E-state index contributed by atoms with van der Waals surface area (Å²) in [7, 11) is 1.37. The van der Waals surface area contributed by atoms with Crippen molar-refractivity contribution in [1.29, 1.82) is 0 Å². The number of carbonyl (C=O) groups is 5. The van der Waals surface area contributed by atoms with Gasteiger partial charge in [-0.3, -0.25) is 29.3 Å². The van der Waals surface area contributed by atoms with Gasteiger partial charge in [-0.05, 0) is 36.2 Å². The quantitative estimate of drug-likeness (QED) is 0.492. The van der Waals surface area contributed by atoms with Crippen molar-refractivity contribution < 1.29 is 37.1 Å². The maximum atomic E-state index is 13.0. The van der Waals surface area contributed by atoms with Crippen molar-refractivity contribution in [2.75, 3.05) is 7.05 Å². The lowest BCUT2D eigenvalue weighted by Gasteiger charge is -2.30. The number of carbonyl (C=O) groups excluding carboxylic acids is 5. The zero-order chi connectivity index (χ0) is 25.0. The number of hydrogen-bond acceptors (Lipinski definition) is 5. The molecule has 0 spiro atoms. The maximum absolute atomic E-state index is 13.0. The molecule has 1 unspecified atom stereocenters. The molecule has 8 nitrogen and oxygen atoms in total. The molecule has 4 amide bonds. The van der Waals surface area contributed by atoms with Gasteiger partial charge in [-0.1, -0.05) is 18.2 Å². The second-order valence-corrected chi connectivity index (χ2v) is 7.64. The van der Waals surface area contributed by atoms with Crippen LogP contribution in [0.1, 0.15) is 55.0 Å². The van der Waals surface area contributed by atoms with Crippen LogP contribution >= 0.6 is 0 Å². The average Bonchev–Trinajstić information content (AvgIpc) is 2.80. The van der Waals surface area contributed by atoms with Gasteiger partial charge in [0.1, 0.15) is 6.04 Å². The predicted molar refractivity (Wildman–Crippen MR) is 113 cm³/mol.